The summed E-state index contributed by atoms with van der Waals surface area (Å²) in [6.45, 7) is 0.667. The summed E-state index contributed by atoms with van der Waals surface area (Å²) in [6.07, 6.45) is 1.67. The van der Waals surface area contributed by atoms with Crippen LogP contribution in [-0.2, 0) is 11.2 Å². The highest BCUT2D eigenvalue weighted by Crippen LogP contribution is 2.40. The van der Waals surface area contributed by atoms with Crippen molar-refractivity contribution in [2.24, 2.45) is 0 Å². The maximum atomic E-state index is 12.3. The predicted octanol–water partition coefficient (Wildman–Crippen LogP) is 5.12. The van der Waals surface area contributed by atoms with E-state index in [2.05, 4.69) is 47.8 Å². The summed E-state index contributed by atoms with van der Waals surface area (Å²) in [6, 6.07) is 7.09. The normalized spacial score (nSPS) is 13.8. The first kappa shape index (κ1) is 18.1. The number of amides is 1. The number of nitrogens with zero attached hydrogens (tertiary/aromatic N) is 1. The second-order valence-electron chi connectivity index (χ2n) is 5.14. The molecule has 24 heavy (non-hydrogen) atoms. The fraction of sp³-hybridized carbons (Fsp3) is 0.250. The average Bonchev–Trinajstić information content (AvgIpc) is 3.11. The van der Waals surface area contributed by atoms with Gasteiger partial charge in [-0.25, -0.2) is 4.79 Å². The third-order valence-electron chi connectivity index (χ3n) is 3.66. The molecule has 0 bridgehead atoms. The first-order valence-electron chi connectivity index (χ1n) is 7.15. The van der Waals surface area contributed by atoms with Crippen LogP contribution >= 0.6 is 59.1 Å². The molecule has 0 radical (unpaired) electrons. The van der Waals surface area contributed by atoms with Crippen molar-refractivity contribution < 1.29 is 14.3 Å². The number of esters is 1. The number of hydrogen-bond acceptors (Lipinski definition) is 4. The van der Waals surface area contributed by atoms with Crippen LogP contribution in [0, 0.1) is 0 Å². The van der Waals surface area contributed by atoms with Gasteiger partial charge in [0, 0.05) is 12.2 Å². The van der Waals surface area contributed by atoms with Gasteiger partial charge in [0.05, 0.1) is 4.47 Å². The van der Waals surface area contributed by atoms with Gasteiger partial charge < -0.3 is 9.64 Å². The third-order valence-corrected chi connectivity index (χ3v) is 6.16. The molecule has 0 atom stereocenters. The predicted molar refractivity (Wildman–Crippen MR) is 106 cm³/mol. The molecule has 0 unspecified atom stereocenters. The molecular weight excluding hydrogens is 526 g/mol. The fourth-order valence-corrected chi connectivity index (χ4v) is 4.29. The molecule has 1 aliphatic heterocycles. The summed E-state index contributed by atoms with van der Waals surface area (Å²) in [7, 11) is 0. The van der Waals surface area contributed by atoms with Crippen LogP contribution in [0.4, 0.5) is 5.69 Å². The van der Waals surface area contributed by atoms with Crippen LogP contribution in [0.5, 0.6) is 5.75 Å². The van der Waals surface area contributed by atoms with Gasteiger partial charge in [-0.15, -0.1) is 11.3 Å². The lowest BCUT2D eigenvalue weighted by molar-refractivity contribution is -0.116. The largest absolute Gasteiger partial charge is 0.421 e. The number of alkyl halides is 2. The van der Waals surface area contributed by atoms with Gasteiger partial charge >= 0.3 is 5.97 Å². The summed E-state index contributed by atoms with van der Waals surface area (Å²) in [5.74, 6) is 0.0391. The van der Waals surface area contributed by atoms with E-state index in [0.717, 1.165) is 28.6 Å². The second-order valence-corrected chi connectivity index (χ2v) is 9.94. The van der Waals surface area contributed by atoms with Crippen molar-refractivity contribution in [3.8, 4) is 5.75 Å². The molecule has 0 aliphatic carbocycles. The van der Waals surface area contributed by atoms with Gasteiger partial charge in [-0.1, -0.05) is 37.9 Å². The van der Waals surface area contributed by atoms with Crippen molar-refractivity contribution in [1.82, 2.24) is 0 Å². The Morgan fingerprint density at radius 3 is 2.71 bits per heavy atom. The molecule has 0 spiro atoms. The van der Waals surface area contributed by atoms with E-state index in [1.54, 1.807) is 17.0 Å². The summed E-state index contributed by atoms with van der Waals surface area (Å²) in [5.41, 5.74) is 1.82. The van der Waals surface area contributed by atoms with Gasteiger partial charge in [0.25, 0.3) is 5.91 Å². The molecule has 1 amide bonds. The lowest BCUT2D eigenvalue weighted by atomic mass is 10.0. The van der Waals surface area contributed by atoms with E-state index in [0.29, 0.717) is 17.2 Å². The van der Waals surface area contributed by atoms with Gasteiger partial charge in [0.2, 0.25) is 0 Å². The van der Waals surface area contributed by atoms with Crippen molar-refractivity contribution >= 4 is 76.7 Å². The SMILES string of the molecule is O=C(Oc1ccc2c(c1Br)CCCN2C(=O)C(Br)Br)c1cccs1. The molecule has 1 aromatic carbocycles. The molecule has 2 aromatic rings. The number of halogens is 3. The highest BCUT2D eigenvalue weighted by atomic mass is 79.9. The van der Waals surface area contributed by atoms with Crippen LogP contribution in [0.15, 0.2) is 34.1 Å². The third kappa shape index (κ3) is 3.61. The van der Waals surface area contributed by atoms with Crippen molar-refractivity contribution in [1.29, 1.82) is 0 Å². The molecule has 0 fully saturated rings. The highest BCUT2D eigenvalue weighted by molar-refractivity contribution is 9.25. The van der Waals surface area contributed by atoms with Crippen LogP contribution < -0.4 is 9.64 Å². The molecular formula is C16H12Br3NO3S. The summed E-state index contributed by atoms with van der Waals surface area (Å²) >= 11 is 11.4. The van der Waals surface area contributed by atoms with Gasteiger partial charge in [-0.2, -0.15) is 0 Å². The number of hydrogen-bond donors (Lipinski definition) is 0. The Morgan fingerprint density at radius 2 is 2.04 bits per heavy atom. The molecule has 2 heterocycles. The first-order valence-corrected chi connectivity index (χ1v) is 10.7. The van der Waals surface area contributed by atoms with E-state index in [4.69, 9.17) is 4.74 Å². The number of benzene rings is 1. The minimum absolute atomic E-state index is 0.0498. The fourth-order valence-electron chi connectivity index (χ4n) is 2.59. The van der Waals surface area contributed by atoms with Crippen LogP contribution in [0.25, 0.3) is 0 Å². The minimum atomic E-state index is -0.425. The Labute approximate surface area is 168 Å². The number of rotatable bonds is 3. The lowest BCUT2D eigenvalue weighted by Gasteiger charge is -2.31. The smallest absolute Gasteiger partial charge is 0.353 e. The topological polar surface area (TPSA) is 46.6 Å². The number of carbonyl (C=O) groups excluding carboxylic acids is 2. The molecule has 126 valence electrons. The van der Waals surface area contributed by atoms with Gasteiger partial charge in [-0.3, -0.25) is 4.79 Å². The average molecular weight is 538 g/mol. The van der Waals surface area contributed by atoms with E-state index in [1.165, 1.54) is 11.3 Å². The number of anilines is 1. The maximum absolute atomic E-state index is 12.3. The minimum Gasteiger partial charge on any atom is -0.421 e. The molecule has 4 nitrogen and oxygen atoms in total. The molecule has 3 rings (SSSR count). The first-order chi connectivity index (χ1) is 11.5. The molecule has 0 saturated heterocycles. The maximum Gasteiger partial charge on any atom is 0.353 e. The zero-order chi connectivity index (χ0) is 17.3. The van der Waals surface area contributed by atoms with Crippen molar-refractivity contribution in [2.75, 3.05) is 11.4 Å². The number of fused-ring (bicyclic) bond motifs is 1. The zero-order valence-electron chi connectivity index (χ0n) is 12.3. The van der Waals surface area contributed by atoms with Crippen LogP contribution in [0.1, 0.15) is 21.7 Å². The lowest BCUT2D eigenvalue weighted by Crippen LogP contribution is -2.38. The van der Waals surface area contributed by atoms with E-state index in [-0.39, 0.29) is 11.9 Å². The van der Waals surface area contributed by atoms with E-state index < -0.39 is 3.74 Å². The highest BCUT2D eigenvalue weighted by Gasteiger charge is 2.28. The van der Waals surface area contributed by atoms with E-state index in [9.17, 15) is 9.59 Å². The summed E-state index contributed by atoms with van der Waals surface area (Å²) in [4.78, 5) is 26.8. The molecule has 1 aliphatic rings. The van der Waals surface area contributed by atoms with Gasteiger partial charge in [0.1, 0.15) is 14.4 Å². The monoisotopic (exact) mass is 535 g/mol. The van der Waals surface area contributed by atoms with Crippen molar-refractivity contribution in [3.63, 3.8) is 0 Å². The summed E-state index contributed by atoms with van der Waals surface area (Å²) < 4.78 is 5.80. The zero-order valence-corrected chi connectivity index (χ0v) is 17.9. The van der Waals surface area contributed by atoms with E-state index >= 15 is 0 Å². The summed E-state index contributed by atoms with van der Waals surface area (Å²) in [5, 5.41) is 1.83. The Bertz CT molecular complexity index is 777. The van der Waals surface area contributed by atoms with E-state index in [1.807, 2.05) is 17.5 Å². The Hall–Kier alpha value is -0.700. The molecule has 0 N–H and O–H groups in total. The Morgan fingerprint density at radius 1 is 1.25 bits per heavy atom. The molecule has 1 aromatic heterocycles. The molecule has 8 heteroatoms. The standard InChI is InChI=1S/C16H12Br3NO3S/c17-13-9-3-1-7-20(15(21)14(18)19)10(9)5-6-11(13)23-16(22)12-4-2-8-24-12/h2,4-6,8,14H,1,3,7H2. The van der Waals surface area contributed by atoms with Crippen molar-refractivity contribution in [3.05, 3.63) is 44.6 Å². The van der Waals surface area contributed by atoms with Crippen LogP contribution in [0.3, 0.4) is 0 Å². The van der Waals surface area contributed by atoms with Crippen LogP contribution in [0.2, 0.25) is 0 Å². The Balaban J connectivity index is 1.90. The molecule has 0 saturated carbocycles. The quantitative estimate of drug-likeness (QED) is 0.310. The van der Waals surface area contributed by atoms with Crippen molar-refractivity contribution in [2.45, 2.75) is 16.6 Å². The number of ether oxygens (including phenoxy) is 1. The number of carbonyl (C=O) groups is 2. The second kappa shape index (κ2) is 7.68. The number of thiophene rings is 1. The van der Waals surface area contributed by atoms with Gasteiger partial charge in [0.15, 0.2) is 0 Å². The van der Waals surface area contributed by atoms with Crippen LogP contribution in [-0.4, -0.2) is 22.2 Å². The Kier molecular flexibility index (Phi) is 5.79. The van der Waals surface area contributed by atoms with Gasteiger partial charge in [-0.05, 0) is 57.9 Å².